The van der Waals surface area contributed by atoms with E-state index in [-0.39, 0.29) is 5.92 Å². The molecule has 1 aliphatic rings. The second-order valence-electron chi connectivity index (χ2n) is 5.76. The first kappa shape index (κ1) is 17.4. The molecule has 0 aliphatic heterocycles. The summed E-state index contributed by atoms with van der Waals surface area (Å²) in [7, 11) is -3.57. The number of unbranched alkanes of at least 4 members (excludes halogenated alkanes) is 5. The molecule has 2 unspecified atom stereocenters. The first-order chi connectivity index (χ1) is 9.44. The van der Waals surface area contributed by atoms with Gasteiger partial charge in [0, 0.05) is 0 Å². The molecule has 0 aromatic heterocycles. The lowest BCUT2D eigenvalue weighted by Gasteiger charge is -2.31. The average Bonchev–Trinajstić information content (AvgIpc) is 2.41. The molecule has 1 aliphatic carbocycles. The van der Waals surface area contributed by atoms with Crippen LogP contribution in [-0.2, 0) is 14.3 Å². The summed E-state index contributed by atoms with van der Waals surface area (Å²) in [5.74, 6) is -0.0675. The highest BCUT2D eigenvalue weighted by Gasteiger charge is 2.42. The van der Waals surface area contributed by atoms with Gasteiger partial charge in [0.1, 0.15) is 4.75 Å². The van der Waals surface area contributed by atoms with E-state index in [1.165, 1.54) is 19.3 Å². The minimum atomic E-state index is -3.57. The zero-order valence-corrected chi connectivity index (χ0v) is 13.8. The van der Waals surface area contributed by atoms with Gasteiger partial charge in [-0.2, -0.15) is 8.42 Å². The van der Waals surface area contributed by atoms with Crippen LogP contribution < -0.4 is 0 Å². The van der Waals surface area contributed by atoms with Crippen molar-refractivity contribution in [3.8, 4) is 0 Å². The third-order valence-corrected chi connectivity index (χ3v) is 6.18. The van der Waals surface area contributed by atoms with Crippen LogP contribution in [0.25, 0.3) is 0 Å². The normalized spacial score (nSPS) is 26.1. The first-order valence-corrected chi connectivity index (χ1v) is 9.10. The highest BCUT2D eigenvalue weighted by Crippen LogP contribution is 2.33. The second kappa shape index (κ2) is 7.99. The van der Waals surface area contributed by atoms with Gasteiger partial charge in [-0.05, 0) is 19.3 Å². The van der Waals surface area contributed by atoms with Crippen LogP contribution in [0.4, 0.5) is 0 Å². The van der Waals surface area contributed by atoms with Crippen molar-refractivity contribution in [1.29, 1.82) is 0 Å². The van der Waals surface area contributed by atoms with Crippen molar-refractivity contribution in [1.82, 2.24) is 0 Å². The summed E-state index contributed by atoms with van der Waals surface area (Å²) < 4.78 is 29.0. The molecule has 0 saturated carbocycles. The van der Waals surface area contributed by atoms with Crippen molar-refractivity contribution in [2.75, 3.05) is 6.61 Å². The molecule has 0 amide bonds. The molecule has 0 N–H and O–H groups in total. The average molecular weight is 300 g/mol. The van der Waals surface area contributed by atoms with Crippen molar-refractivity contribution in [2.24, 2.45) is 5.92 Å². The van der Waals surface area contributed by atoms with E-state index < -0.39 is 14.9 Å². The lowest BCUT2D eigenvalue weighted by Crippen LogP contribution is -2.41. The van der Waals surface area contributed by atoms with E-state index in [4.69, 9.17) is 4.18 Å². The summed E-state index contributed by atoms with van der Waals surface area (Å²) in [6, 6.07) is 0. The van der Waals surface area contributed by atoms with Gasteiger partial charge in [0.15, 0.2) is 0 Å². The van der Waals surface area contributed by atoms with Crippen LogP contribution in [0.3, 0.4) is 0 Å². The fraction of sp³-hybridized carbons (Fsp3) is 0.750. The fourth-order valence-corrected chi connectivity index (χ4v) is 3.68. The Morgan fingerprint density at radius 2 is 1.75 bits per heavy atom. The SMILES string of the molecule is CCCCCCCCOS(=O)(=O)C1(C)C=CC=CC1C. The third-order valence-electron chi connectivity index (χ3n) is 4.12. The van der Waals surface area contributed by atoms with Crippen molar-refractivity contribution in [3.05, 3.63) is 24.3 Å². The van der Waals surface area contributed by atoms with Gasteiger partial charge in [0.25, 0.3) is 10.1 Å². The zero-order valence-electron chi connectivity index (χ0n) is 13.0. The van der Waals surface area contributed by atoms with E-state index in [0.29, 0.717) is 6.61 Å². The Balaban J connectivity index is 2.38. The van der Waals surface area contributed by atoms with Gasteiger partial charge < -0.3 is 0 Å². The number of allylic oxidation sites excluding steroid dienone is 3. The van der Waals surface area contributed by atoms with Crippen LogP contribution in [0.15, 0.2) is 24.3 Å². The summed E-state index contributed by atoms with van der Waals surface area (Å²) in [5.41, 5.74) is 0. The lowest BCUT2D eigenvalue weighted by molar-refractivity contribution is 0.289. The monoisotopic (exact) mass is 300 g/mol. The quantitative estimate of drug-likeness (QED) is 0.473. The molecule has 0 spiro atoms. The molecule has 2 atom stereocenters. The molecule has 0 heterocycles. The van der Waals surface area contributed by atoms with Crippen LogP contribution in [0.2, 0.25) is 0 Å². The molecule has 3 nitrogen and oxygen atoms in total. The molecule has 4 heteroatoms. The molecule has 0 saturated heterocycles. The van der Waals surface area contributed by atoms with Crippen LogP contribution in [0.1, 0.15) is 59.3 Å². The molecule has 0 aromatic rings. The molecule has 116 valence electrons. The molecule has 0 bridgehead atoms. The van der Waals surface area contributed by atoms with Crippen molar-refractivity contribution < 1.29 is 12.6 Å². The van der Waals surface area contributed by atoms with E-state index in [1.54, 1.807) is 19.1 Å². The zero-order chi connectivity index (χ0) is 15.1. The Hall–Kier alpha value is -0.610. The lowest BCUT2D eigenvalue weighted by atomic mass is 9.91. The minimum Gasteiger partial charge on any atom is -0.269 e. The van der Waals surface area contributed by atoms with Crippen molar-refractivity contribution in [2.45, 2.75) is 64.0 Å². The third kappa shape index (κ3) is 4.45. The summed E-state index contributed by atoms with van der Waals surface area (Å²) in [6.07, 6.45) is 14.0. The van der Waals surface area contributed by atoms with Crippen molar-refractivity contribution in [3.63, 3.8) is 0 Å². The maximum atomic E-state index is 12.3. The van der Waals surface area contributed by atoms with E-state index in [0.717, 1.165) is 19.3 Å². The Kier molecular flexibility index (Phi) is 6.96. The maximum Gasteiger partial charge on any atom is 0.277 e. The molecular weight excluding hydrogens is 272 g/mol. The molecular formula is C16H28O3S. The van der Waals surface area contributed by atoms with Crippen LogP contribution in [0.5, 0.6) is 0 Å². The van der Waals surface area contributed by atoms with Crippen LogP contribution in [0, 0.1) is 5.92 Å². The van der Waals surface area contributed by atoms with Gasteiger partial charge in [-0.1, -0.05) is 70.3 Å². The van der Waals surface area contributed by atoms with Crippen LogP contribution >= 0.6 is 0 Å². The minimum absolute atomic E-state index is 0.0675. The van der Waals surface area contributed by atoms with E-state index in [2.05, 4.69) is 6.92 Å². The van der Waals surface area contributed by atoms with E-state index >= 15 is 0 Å². The highest BCUT2D eigenvalue weighted by molar-refractivity contribution is 7.88. The van der Waals surface area contributed by atoms with Crippen molar-refractivity contribution >= 4 is 10.1 Å². The standard InChI is InChI=1S/C16H28O3S/c1-4-5-6-7-8-11-14-19-20(17,18)16(3)13-10-9-12-15(16)2/h9-10,12-13,15H,4-8,11,14H2,1-3H3. The number of hydrogen-bond donors (Lipinski definition) is 0. The second-order valence-corrected chi connectivity index (χ2v) is 7.78. The van der Waals surface area contributed by atoms with Gasteiger partial charge in [-0.15, -0.1) is 0 Å². The summed E-state index contributed by atoms with van der Waals surface area (Å²) in [4.78, 5) is 0. The van der Waals surface area contributed by atoms with Gasteiger partial charge in [0.05, 0.1) is 6.61 Å². The fourth-order valence-electron chi connectivity index (χ4n) is 2.31. The molecule has 1 rings (SSSR count). The van der Waals surface area contributed by atoms with Gasteiger partial charge in [-0.25, -0.2) is 0 Å². The van der Waals surface area contributed by atoms with Gasteiger partial charge in [0.2, 0.25) is 0 Å². The first-order valence-electron chi connectivity index (χ1n) is 7.69. The Morgan fingerprint density at radius 1 is 1.10 bits per heavy atom. The van der Waals surface area contributed by atoms with Crippen LogP contribution in [-0.4, -0.2) is 19.8 Å². The molecule has 0 fully saturated rings. The molecule has 0 aromatic carbocycles. The Morgan fingerprint density at radius 3 is 2.40 bits per heavy atom. The maximum absolute atomic E-state index is 12.3. The Labute approximate surface area is 124 Å². The van der Waals surface area contributed by atoms with Gasteiger partial charge in [-0.3, -0.25) is 4.18 Å². The number of hydrogen-bond acceptors (Lipinski definition) is 3. The summed E-state index contributed by atoms with van der Waals surface area (Å²) in [6.45, 7) is 6.12. The summed E-state index contributed by atoms with van der Waals surface area (Å²) in [5, 5.41) is 0. The Bertz CT molecular complexity index is 437. The molecule has 0 radical (unpaired) electrons. The van der Waals surface area contributed by atoms with E-state index in [9.17, 15) is 8.42 Å². The largest absolute Gasteiger partial charge is 0.277 e. The predicted molar refractivity (Wildman–Crippen MR) is 84.1 cm³/mol. The molecule has 20 heavy (non-hydrogen) atoms. The number of rotatable bonds is 9. The smallest absolute Gasteiger partial charge is 0.269 e. The van der Waals surface area contributed by atoms with E-state index in [1.807, 2.05) is 19.1 Å². The van der Waals surface area contributed by atoms with Gasteiger partial charge >= 0.3 is 0 Å². The predicted octanol–water partition coefficient (Wildman–Crippen LogP) is 4.21. The highest BCUT2D eigenvalue weighted by atomic mass is 32.2. The summed E-state index contributed by atoms with van der Waals surface area (Å²) >= 11 is 0. The topological polar surface area (TPSA) is 43.4 Å².